The van der Waals surface area contributed by atoms with Crippen molar-refractivity contribution in [3.8, 4) is 0 Å². The van der Waals surface area contributed by atoms with Gasteiger partial charge in [-0.1, -0.05) is 54.1 Å². The van der Waals surface area contributed by atoms with Crippen LogP contribution in [0.3, 0.4) is 0 Å². The highest BCUT2D eigenvalue weighted by atomic mass is 35.5. The summed E-state index contributed by atoms with van der Waals surface area (Å²) in [6.45, 7) is 1.16. The highest BCUT2D eigenvalue weighted by Crippen LogP contribution is 2.11. The first-order chi connectivity index (χ1) is 9.24. The normalized spacial score (nSPS) is 12.3. The average Bonchev–Trinajstić information content (AvgIpc) is 2.43. The van der Waals surface area contributed by atoms with Crippen molar-refractivity contribution < 1.29 is 4.74 Å². The van der Waals surface area contributed by atoms with Crippen molar-refractivity contribution in [3.05, 3.63) is 70.7 Å². The quantitative estimate of drug-likeness (QED) is 0.877. The Morgan fingerprint density at radius 1 is 0.947 bits per heavy atom. The Hall–Kier alpha value is -1.35. The van der Waals surface area contributed by atoms with Gasteiger partial charge in [-0.05, 0) is 29.7 Å². The zero-order valence-electron chi connectivity index (χ0n) is 10.8. The van der Waals surface area contributed by atoms with Gasteiger partial charge >= 0.3 is 0 Å². The van der Waals surface area contributed by atoms with Crippen molar-refractivity contribution in [2.24, 2.45) is 5.73 Å². The van der Waals surface area contributed by atoms with E-state index in [1.54, 1.807) is 0 Å². The molecule has 3 heteroatoms. The van der Waals surface area contributed by atoms with Crippen molar-refractivity contribution in [2.75, 3.05) is 6.61 Å². The maximum absolute atomic E-state index is 6.05. The molecular formula is C16H18ClNO. The van der Waals surface area contributed by atoms with Gasteiger partial charge in [0.05, 0.1) is 13.2 Å². The van der Waals surface area contributed by atoms with Crippen LogP contribution in [0, 0.1) is 0 Å². The minimum atomic E-state index is 0.00453. The Bertz CT molecular complexity index is 484. The lowest BCUT2D eigenvalue weighted by Gasteiger charge is -2.12. The van der Waals surface area contributed by atoms with Crippen LogP contribution in [-0.4, -0.2) is 12.6 Å². The number of benzene rings is 2. The largest absolute Gasteiger partial charge is 0.375 e. The molecule has 19 heavy (non-hydrogen) atoms. The zero-order valence-corrected chi connectivity index (χ0v) is 11.5. The molecule has 0 spiro atoms. The molecule has 0 aromatic heterocycles. The van der Waals surface area contributed by atoms with Crippen molar-refractivity contribution in [1.82, 2.24) is 0 Å². The summed E-state index contributed by atoms with van der Waals surface area (Å²) in [4.78, 5) is 0. The summed E-state index contributed by atoms with van der Waals surface area (Å²) in [5.74, 6) is 0. The molecule has 0 aliphatic carbocycles. The molecular weight excluding hydrogens is 258 g/mol. The number of ether oxygens (including phenoxy) is 1. The molecule has 0 amide bonds. The SMILES string of the molecule is NC(COCc1ccccc1)Cc1ccc(Cl)cc1. The molecule has 100 valence electrons. The highest BCUT2D eigenvalue weighted by Gasteiger charge is 2.04. The summed E-state index contributed by atoms with van der Waals surface area (Å²) in [6, 6.07) is 17.9. The minimum absolute atomic E-state index is 0.00453. The van der Waals surface area contributed by atoms with Crippen molar-refractivity contribution in [2.45, 2.75) is 19.1 Å². The summed E-state index contributed by atoms with van der Waals surface area (Å²) in [6.07, 6.45) is 0.798. The Kier molecular flexibility index (Phi) is 5.40. The fourth-order valence-corrected chi connectivity index (χ4v) is 2.01. The van der Waals surface area contributed by atoms with Crippen LogP contribution >= 0.6 is 11.6 Å². The van der Waals surface area contributed by atoms with E-state index in [4.69, 9.17) is 22.1 Å². The lowest BCUT2D eigenvalue weighted by Crippen LogP contribution is -2.28. The van der Waals surface area contributed by atoms with Crippen LogP contribution in [0.15, 0.2) is 54.6 Å². The monoisotopic (exact) mass is 275 g/mol. The Morgan fingerprint density at radius 2 is 1.63 bits per heavy atom. The zero-order chi connectivity index (χ0) is 13.5. The molecule has 2 rings (SSSR count). The van der Waals surface area contributed by atoms with Gasteiger partial charge in [0.25, 0.3) is 0 Å². The third kappa shape index (κ3) is 5.03. The number of rotatable bonds is 6. The molecule has 0 saturated carbocycles. The average molecular weight is 276 g/mol. The summed E-state index contributed by atoms with van der Waals surface area (Å²) < 4.78 is 5.63. The second-order valence-corrected chi connectivity index (χ2v) is 5.03. The first-order valence-corrected chi connectivity index (χ1v) is 6.73. The smallest absolute Gasteiger partial charge is 0.0717 e. The molecule has 1 unspecified atom stereocenters. The second-order valence-electron chi connectivity index (χ2n) is 4.59. The molecule has 2 aromatic carbocycles. The second kappa shape index (κ2) is 7.29. The number of halogens is 1. The summed E-state index contributed by atoms with van der Waals surface area (Å²) >= 11 is 5.84. The predicted octanol–water partition coefficient (Wildman–Crippen LogP) is 3.43. The molecule has 2 aromatic rings. The molecule has 0 radical (unpaired) electrons. The van der Waals surface area contributed by atoms with E-state index in [2.05, 4.69) is 0 Å². The van der Waals surface area contributed by atoms with Gasteiger partial charge in [0, 0.05) is 11.1 Å². The van der Waals surface area contributed by atoms with Gasteiger partial charge in [-0.3, -0.25) is 0 Å². The van der Waals surface area contributed by atoms with Crippen LogP contribution in [-0.2, 0) is 17.8 Å². The first-order valence-electron chi connectivity index (χ1n) is 6.36. The van der Waals surface area contributed by atoms with Crippen molar-refractivity contribution >= 4 is 11.6 Å². The lowest BCUT2D eigenvalue weighted by molar-refractivity contribution is 0.108. The van der Waals surface area contributed by atoms with Gasteiger partial charge in [-0.15, -0.1) is 0 Å². The molecule has 0 aliphatic rings. The molecule has 0 fully saturated rings. The fraction of sp³-hybridized carbons (Fsp3) is 0.250. The molecule has 0 bridgehead atoms. The van der Waals surface area contributed by atoms with E-state index in [1.807, 2.05) is 54.6 Å². The van der Waals surface area contributed by atoms with Gasteiger partial charge in [-0.25, -0.2) is 0 Å². The minimum Gasteiger partial charge on any atom is -0.375 e. The molecule has 1 atom stereocenters. The van der Waals surface area contributed by atoms with E-state index < -0.39 is 0 Å². The van der Waals surface area contributed by atoms with Gasteiger partial charge < -0.3 is 10.5 Å². The molecule has 2 N–H and O–H groups in total. The van der Waals surface area contributed by atoms with E-state index in [0.717, 1.165) is 11.4 Å². The van der Waals surface area contributed by atoms with Crippen molar-refractivity contribution in [1.29, 1.82) is 0 Å². The standard InChI is InChI=1S/C16H18ClNO/c17-15-8-6-13(7-9-15)10-16(18)12-19-11-14-4-2-1-3-5-14/h1-9,16H,10-12,18H2. The lowest BCUT2D eigenvalue weighted by atomic mass is 10.1. The first kappa shape index (κ1) is 14.1. The van der Waals surface area contributed by atoms with Crippen LogP contribution in [0.4, 0.5) is 0 Å². The Labute approximate surface area is 119 Å². The van der Waals surface area contributed by atoms with Crippen LogP contribution in [0.1, 0.15) is 11.1 Å². The van der Waals surface area contributed by atoms with Gasteiger partial charge in [0.2, 0.25) is 0 Å². The van der Waals surface area contributed by atoms with Gasteiger partial charge in [-0.2, -0.15) is 0 Å². The maximum atomic E-state index is 6.05. The summed E-state index contributed by atoms with van der Waals surface area (Å²) in [7, 11) is 0. The number of nitrogens with two attached hydrogens (primary N) is 1. The topological polar surface area (TPSA) is 35.2 Å². The number of hydrogen-bond donors (Lipinski definition) is 1. The van der Waals surface area contributed by atoms with E-state index in [0.29, 0.717) is 13.2 Å². The summed E-state index contributed by atoms with van der Waals surface area (Å²) in [5, 5.41) is 0.748. The maximum Gasteiger partial charge on any atom is 0.0717 e. The fourth-order valence-electron chi connectivity index (χ4n) is 1.88. The van der Waals surface area contributed by atoms with E-state index in [1.165, 1.54) is 11.1 Å². The van der Waals surface area contributed by atoms with Crippen molar-refractivity contribution in [3.63, 3.8) is 0 Å². The third-order valence-corrected chi connectivity index (χ3v) is 3.11. The number of hydrogen-bond acceptors (Lipinski definition) is 2. The Balaban J connectivity index is 1.73. The van der Waals surface area contributed by atoms with Gasteiger partial charge in [0.1, 0.15) is 0 Å². The molecule has 0 heterocycles. The van der Waals surface area contributed by atoms with Crippen LogP contribution < -0.4 is 5.73 Å². The molecule has 2 nitrogen and oxygen atoms in total. The van der Waals surface area contributed by atoms with Crippen LogP contribution in [0.2, 0.25) is 5.02 Å². The van der Waals surface area contributed by atoms with Crippen LogP contribution in [0.25, 0.3) is 0 Å². The van der Waals surface area contributed by atoms with Crippen LogP contribution in [0.5, 0.6) is 0 Å². The summed E-state index contributed by atoms with van der Waals surface area (Å²) in [5.41, 5.74) is 8.40. The third-order valence-electron chi connectivity index (χ3n) is 2.85. The van der Waals surface area contributed by atoms with E-state index in [-0.39, 0.29) is 6.04 Å². The van der Waals surface area contributed by atoms with E-state index in [9.17, 15) is 0 Å². The van der Waals surface area contributed by atoms with Gasteiger partial charge in [0.15, 0.2) is 0 Å². The predicted molar refractivity (Wildman–Crippen MR) is 79.2 cm³/mol. The van der Waals surface area contributed by atoms with E-state index >= 15 is 0 Å². The highest BCUT2D eigenvalue weighted by molar-refractivity contribution is 6.30. The molecule has 0 saturated heterocycles. The molecule has 0 aliphatic heterocycles. The Morgan fingerprint density at radius 3 is 2.32 bits per heavy atom.